The third kappa shape index (κ3) is 3.60. The summed E-state index contributed by atoms with van der Waals surface area (Å²) >= 11 is 3.39. The maximum Gasteiger partial charge on any atom is 0.280 e. The Bertz CT molecular complexity index is 896. The van der Waals surface area contributed by atoms with Crippen LogP contribution in [-0.2, 0) is 6.54 Å². The van der Waals surface area contributed by atoms with Gasteiger partial charge in [-0.05, 0) is 35.9 Å². The van der Waals surface area contributed by atoms with Gasteiger partial charge in [0.1, 0.15) is 5.82 Å². The zero-order valence-electron chi connectivity index (χ0n) is 12.4. The van der Waals surface area contributed by atoms with Gasteiger partial charge in [0.2, 0.25) is 0 Å². The van der Waals surface area contributed by atoms with Gasteiger partial charge < -0.3 is 11.1 Å². The van der Waals surface area contributed by atoms with Crippen LogP contribution < -0.4 is 11.1 Å². The lowest BCUT2D eigenvalue weighted by molar-refractivity contribution is 0.102. The van der Waals surface area contributed by atoms with E-state index >= 15 is 0 Å². The van der Waals surface area contributed by atoms with Gasteiger partial charge in [-0.3, -0.25) is 4.79 Å². The first-order chi connectivity index (χ1) is 11.5. The zero-order valence-corrected chi connectivity index (χ0v) is 14.0. The summed E-state index contributed by atoms with van der Waals surface area (Å²) in [6.45, 7) is 0.380. The SMILES string of the molecule is Nc1c(C(=O)Nc2cccc(F)c2)nnn1Cc1cccc(Br)c1. The lowest BCUT2D eigenvalue weighted by Gasteiger charge is -2.05. The van der Waals surface area contributed by atoms with Crippen molar-refractivity contribution in [2.24, 2.45) is 0 Å². The van der Waals surface area contributed by atoms with Crippen molar-refractivity contribution in [3.63, 3.8) is 0 Å². The second-order valence-electron chi connectivity index (χ2n) is 5.08. The van der Waals surface area contributed by atoms with Gasteiger partial charge in [-0.15, -0.1) is 5.10 Å². The normalized spacial score (nSPS) is 10.6. The molecule has 0 saturated carbocycles. The monoisotopic (exact) mass is 389 g/mol. The Morgan fingerprint density at radius 1 is 1.25 bits per heavy atom. The number of hydrogen-bond acceptors (Lipinski definition) is 4. The fourth-order valence-electron chi connectivity index (χ4n) is 2.16. The zero-order chi connectivity index (χ0) is 17.1. The van der Waals surface area contributed by atoms with Crippen LogP contribution in [0.25, 0.3) is 0 Å². The van der Waals surface area contributed by atoms with E-state index in [2.05, 4.69) is 31.6 Å². The molecule has 0 radical (unpaired) electrons. The predicted octanol–water partition coefficient (Wildman–Crippen LogP) is 3.06. The summed E-state index contributed by atoms with van der Waals surface area (Å²) < 4.78 is 15.5. The summed E-state index contributed by atoms with van der Waals surface area (Å²) in [5.41, 5.74) is 7.24. The molecule has 0 aliphatic heterocycles. The van der Waals surface area contributed by atoms with Gasteiger partial charge in [0.05, 0.1) is 6.54 Å². The maximum atomic E-state index is 13.2. The summed E-state index contributed by atoms with van der Waals surface area (Å²) in [5.74, 6) is -0.846. The smallest absolute Gasteiger partial charge is 0.280 e. The second kappa shape index (κ2) is 6.79. The lowest BCUT2D eigenvalue weighted by Crippen LogP contribution is -2.15. The third-order valence-electron chi connectivity index (χ3n) is 3.29. The van der Waals surface area contributed by atoms with Crippen LogP contribution in [0.15, 0.2) is 53.0 Å². The van der Waals surface area contributed by atoms with Crippen LogP contribution in [-0.4, -0.2) is 20.9 Å². The minimum Gasteiger partial charge on any atom is -0.382 e. The van der Waals surface area contributed by atoms with Crippen molar-refractivity contribution in [3.05, 3.63) is 70.1 Å². The summed E-state index contributed by atoms with van der Waals surface area (Å²) in [6.07, 6.45) is 0. The molecule has 2 aromatic carbocycles. The molecule has 0 atom stereocenters. The highest BCUT2D eigenvalue weighted by Crippen LogP contribution is 2.16. The number of halogens is 2. The molecule has 0 bridgehead atoms. The second-order valence-corrected chi connectivity index (χ2v) is 5.99. The Hall–Kier alpha value is -2.74. The van der Waals surface area contributed by atoms with Gasteiger partial charge in [-0.1, -0.05) is 39.3 Å². The average Bonchev–Trinajstić information content (AvgIpc) is 2.88. The van der Waals surface area contributed by atoms with Crippen LogP contribution in [0.2, 0.25) is 0 Å². The molecule has 8 heteroatoms. The number of hydrogen-bond donors (Lipinski definition) is 2. The molecule has 3 N–H and O–H groups in total. The molecule has 0 spiro atoms. The molecule has 0 aliphatic rings. The first-order valence-electron chi connectivity index (χ1n) is 7.03. The quantitative estimate of drug-likeness (QED) is 0.717. The van der Waals surface area contributed by atoms with Crippen LogP contribution in [0.5, 0.6) is 0 Å². The van der Waals surface area contributed by atoms with Crippen LogP contribution in [0, 0.1) is 5.82 Å². The number of carbonyl (C=O) groups is 1. The van der Waals surface area contributed by atoms with Gasteiger partial charge in [-0.25, -0.2) is 9.07 Å². The number of rotatable bonds is 4. The number of nitrogens with zero attached hydrogens (tertiary/aromatic N) is 3. The van der Waals surface area contributed by atoms with E-state index in [9.17, 15) is 9.18 Å². The number of nitrogens with one attached hydrogen (secondary N) is 1. The molecule has 6 nitrogen and oxygen atoms in total. The van der Waals surface area contributed by atoms with Crippen LogP contribution in [0.4, 0.5) is 15.9 Å². The highest BCUT2D eigenvalue weighted by molar-refractivity contribution is 9.10. The molecule has 3 rings (SSSR count). The van der Waals surface area contributed by atoms with E-state index in [1.165, 1.54) is 22.9 Å². The molecule has 3 aromatic rings. The molecule has 0 fully saturated rings. The van der Waals surface area contributed by atoms with Crippen molar-refractivity contribution in [3.8, 4) is 0 Å². The molecular weight excluding hydrogens is 377 g/mol. The molecule has 24 heavy (non-hydrogen) atoms. The average molecular weight is 390 g/mol. The Balaban J connectivity index is 1.78. The molecule has 1 amide bonds. The summed E-state index contributed by atoms with van der Waals surface area (Å²) in [5, 5.41) is 10.3. The van der Waals surface area contributed by atoms with E-state index in [1.54, 1.807) is 6.07 Å². The molecule has 0 unspecified atom stereocenters. The van der Waals surface area contributed by atoms with Gasteiger partial charge in [0.25, 0.3) is 5.91 Å². The van der Waals surface area contributed by atoms with Crippen molar-refractivity contribution in [2.75, 3.05) is 11.1 Å². The Labute approximate surface area is 145 Å². The first kappa shape index (κ1) is 16.1. The number of nitrogen functional groups attached to an aromatic ring is 1. The molecule has 1 heterocycles. The fraction of sp³-hybridized carbons (Fsp3) is 0.0625. The molecule has 122 valence electrons. The Morgan fingerprint density at radius 2 is 2.04 bits per heavy atom. The van der Waals surface area contributed by atoms with E-state index in [0.717, 1.165) is 10.0 Å². The number of amides is 1. The van der Waals surface area contributed by atoms with E-state index in [1.807, 2.05) is 24.3 Å². The topological polar surface area (TPSA) is 85.8 Å². The van der Waals surface area contributed by atoms with Crippen molar-refractivity contribution in [2.45, 2.75) is 6.54 Å². The first-order valence-corrected chi connectivity index (χ1v) is 7.82. The van der Waals surface area contributed by atoms with E-state index in [0.29, 0.717) is 12.2 Å². The predicted molar refractivity (Wildman–Crippen MR) is 92.0 cm³/mol. The molecule has 0 saturated heterocycles. The van der Waals surface area contributed by atoms with Gasteiger partial charge in [-0.2, -0.15) is 0 Å². The van der Waals surface area contributed by atoms with Gasteiger partial charge in [0, 0.05) is 10.2 Å². The van der Waals surface area contributed by atoms with Crippen molar-refractivity contribution in [1.29, 1.82) is 0 Å². The van der Waals surface area contributed by atoms with Gasteiger partial charge in [0.15, 0.2) is 11.5 Å². The molecule has 0 aliphatic carbocycles. The van der Waals surface area contributed by atoms with Crippen LogP contribution >= 0.6 is 15.9 Å². The maximum absolute atomic E-state index is 13.2. The molecular formula is C16H13BrFN5O. The minimum absolute atomic E-state index is 0.00532. The number of aromatic nitrogens is 3. The Morgan fingerprint density at radius 3 is 2.79 bits per heavy atom. The van der Waals surface area contributed by atoms with Crippen molar-refractivity contribution >= 4 is 33.3 Å². The number of anilines is 2. The standard InChI is InChI=1S/C16H13BrFN5O/c17-11-4-1-3-10(7-11)9-23-15(19)14(21-22-23)16(24)20-13-6-2-5-12(18)8-13/h1-8H,9,19H2,(H,20,24). The lowest BCUT2D eigenvalue weighted by atomic mass is 10.2. The summed E-state index contributed by atoms with van der Waals surface area (Å²) in [4.78, 5) is 12.2. The van der Waals surface area contributed by atoms with Crippen molar-refractivity contribution < 1.29 is 9.18 Å². The summed E-state index contributed by atoms with van der Waals surface area (Å²) in [6, 6.07) is 13.2. The highest BCUT2D eigenvalue weighted by atomic mass is 79.9. The number of benzene rings is 2. The van der Waals surface area contributed by atoms with Gasteiger partial charge >= 0.3 is 0 Å². The molecule has 1 aromatic heterocycles. The highest BCUT2D eigenvalue weighted by Gasteiger charge is 2.18. The number of nitrogens with two attached hydrogens (primary N) is 1. The van der Waals surface area contributed by atoms with Crippen LogP contribution in [0.1, 0.15) is 16.1 Å². The third-order valence-corrected chi connectivity index (χ3v) is 3.79. The summed E-state index contributed by atoms with van der Waals surface area (Å²) in [7, 11) is 0. The van der Waals surface area contributed by atoms with E-state index < -0.39 is 11.7 Å². The Kier molecular flexibility index (Phi) is 4.57. The minimum atomic E-state index is -0.543. The fourth-order valence-corrected chi connectivity index (χ4v) is 2.61. The van der Waals surface area contributed by atoms with E-state index in [4.69, 9.17) is 5.73 Å². The van der Waals surface area contributed by atoms with Crippen LogP contribution in [0.3, 0.4) is 0 Å². The van der Waals surface area contributed by atoms with E-state index in [-0.39, 0.29) is 11.5 Å². The number of carbonyl (C=O) groups excluding carboxylic acids is 1. The largest absolute Gasteiger partial charge is 0.382 e. The van der Waals surface area contributed by atoms with Crippen molar-refractivity contribution in [1.82, 2.24) is 15.0 Å².